The minimum absolute atomic E-state index is 0.00112. The van der Waals surface area contributed by atoms with Crippen LogP contribution in [0, 0.1) is 0 Å². The Bertz CT molecular complexity index is 428. The topological polar surface area (TPSA) is 69.6 Å². The molecule has 6 heteroatoms. The first-order valence-corrected chi connectivity index (χ1v) is 6.12. The van der Waals surface area contributed by atoms with Gasteiger partial charge in [0.25, 0.3) is 0 Å². The van der Waals surface area contributed by atoms with E-state index in [9.17, 15) is 4.79 Å². The number of anilines is 1. The fourth-order valence-electron chi connectivity index (χ4n) is 2.08. The average molecular weight is 250 g/mol. The first-order valence-electron chi connectivity index (χ1n) is 6.12. The Kier molecular flexibility index (Phi) is 3.76. The number of piperazine rings is 1. The highest BCUT2D eigenvalue weighted by molar-refractivity contribution is 5.85. The van der Waals surface area contributed by atoms with Gasteiger partial charge in [-0.2, -0.15) is 0 Å². The highest BCUT2D eigenvalue weighted by Crippen LogP contribution is 2.14. The van der Waals surface area contributed by atoms with Crippen LogP contribution in [0.1, 0.15) is 24.3 Å². The van der Waals surface area contributed by atoms with E-state index in [1.165, 1.54) is 6.20 Å². The lowest BCUT2D eigenvalue weighted by atomic mass is 10.2. The summed E-state index contributed by atoms with van der Waals surface area (Å²) >= 11 is 0. The molecule has 1 N–H and O–H groups in total. The van der Waals surface area contributed by atoms with E-state index >= 15 is 0 Å². The SMILES string of the molecule is CC(C)N1CCN(c2cncc(C(=O)O)n2)CC1. The van der Waals surface area contributed by atoms with Crippen LogP contribution in [0.2, 0.25) is 0 Å². The predicted molar refractivity (Wildman–Crippen MR) is 67.9 cm³/mol. The van der Waals surface area contributed by atoms with Crippen LogP contribution in [0.3, 0.4) is 0 Å². The van der Waals surface area contributed by atoms with E-state index in [1.807, 2.05) is 0 Å². The van der Waals surface area contributed by atoms with Crippen LogP contribution in [0.5, 0.6) is 0 Å². The third kappa shape index (κ3) is 2.76. The summed E-state index contributed by atoms with van der Waals surface area (Å²) in [6.07, 6.45) is 2.90. The second-order valence-electron chi connectivity index (χ2n) is 4.68. The summed E-state index contributed by atoms with van der Waals surface area (Å²) in [6.45, 7) is 8.01. The van der Waals surface area contributed by atoms with Crippen molar-refractivity contribution in [1.29, 1.82) is 0 Å². The molecule has 6 nitrogen and oxygen atoms in total. The maximum Gasteiger partial charge on any atom is 0.356 e. The number of rotatable bonds is 3. The lowest BCUT2D eigenvalue weighted by molar-refractivity contribution is 0.0690. The Balaban J connectivity index is 2.05. The number of carbonyl (C=O) groups is 1. The summed E-state index contributed by atoms with van der Waals surface area (Å²) in [7, 11) is 0. The van der Waals surface area contributed by atoms with Crippen molar-refractivity contribution in [3.05, 3.63) is 18.1 Å². The van der Waals surface area contributed by atoms with Crippen molar-refractivity contribution in [1.82, 2.24) is 14.9 Å². The van der Waals surface area contributed by atoms with Gasteiger partial charge in [0.15, 0.2) is 5.69 Å². The van der Waals surface area contributed by atoms with Gasteiger partial charge in [-0.25, -0.2) is 9.78 Å². The zero-order valence-corrected chi connectivity index (χ0v) is 10.7. The lowest BCUT2D eigenvalue weighted by Gasteiger charge is -2.37. The molecule has 2 heterocycles. The summed E-state index contributed by atoms with van der Waals surface area (Å²) in [5.41, 5.74) is -0.00112. The van der Waals surface area contributed by atoms with E-state index in [-0.39, 0.29) is 5.69 Å². The number of carboxylic acid groups (broad SMARTS) is 1. The molecular weight excluding hydrogens is 232 g/mol. The van der Waals surface area contributed by atoms with Crippen molar-refractivity contribution in [3.63, 3.8) is 0 Å². The van der Waals surface area contributed by atoms with Gasteiger partial charge < -0.3 is 10.0 Å². The van der Waals surface area contributed by atoms with Crippen molar-refractivity contribution in [2.45, 2.75) is 19.9 Å². The number of hydrogen-bond donors (Lipinski definition) is 1. The monoisotopic (exact) mass is 250 g/mol. The van der Waals surface area contributed by atoms with Crippen molar-refractivity contribution in [2.75, 3.05) is 31.1 Å². The second kappa shape index (κ2) is 5.30. The minimum Gasteiger partial charge on any atom is -0.476 e. The van der Waals surface area contributed by atoms with Crippen LogP contribution in [0.15, 0.2) is 12.4 Å². The molecule has 0 amide bonds. The summed E-state index contributed by atoms with van der Waals surface area (Å²) in [5.74, 6) is -0.386. The highest BCUT2D eigenvalue weighted by atomic mass is 16.4. The number of aromatic carboxylic acids is 1. The quantitative estimate of drug-likeness (QED) is 0.852. The minimum atomic E-state index is -1.04. The molecule has 2 rings (SSSR count). The number of nitrogens with zero attached hydrogens (tertiary/aromatic N) is 4. The molecule has 0 aromatic carbocycles. The fraction of sp³-hybridized carbons (Fsp3) is 0.583. The Labute approximate surface area is 106 Å². The standard InChI is InChI=1S/C12H18N4O2/c1-9(2)15-3-5-16(6-4-15)11-8-13-7-10(14-11)12(17)18/h7-9H,3-6H2,1-2H3,(H,17,18). The lowest BCUT2D eigenvalue weighted by Crippen LogP contribution is -2.49. The molecule has 98 valence electrons. The van der Waals surface area contributed by atoms with Crippen LogP contribution in [0.25, 0.3) is 0 Å². The van der Waals surface area contributed by atoms with E-state index in [1.54, 1.807) is 6.20 Å². The van der Waals surface area contributed by atoms with Gasteiger partial charge in [-0.3, -0.25) is 9.88 Å². The molecule has 0 bridgehead atoms. The largest absolute Gasteiger partial charge is 0.476 e. The van der Waals surface area contributed by atoms with Gasteiger partial charge in [0.05, 0.1) is 12.4 Å². The highest BCUT2D eigenvalue weighted by Gasteiger charge is 2.20. The van der Waals surface area contributed by atoms with Crippen LogP contribution in [-0.4, -0.2) is 58.2 Å². The van der Waals surface area contributed by atoms with E-state index in [0.717, 1.165) is 26.2 Å². The average Bonchev–Trinajstić information content (AvgIpc) is 2.39. The number of carboxylic acids is 1. The Hall–Kier alpha value is -1.69. The predicted octanol–water partition coefficient (Wildman–Crippen LogP) is 0.705. The van der Waals surface area contributed by atoms with Gasteiger partial charge in [0, 0.05) is 32.2 Å². The third-order valence-electron chi connectivity index (χ3n) is 3.21. The Morgan fingerprint density at radius 2 is 1.94 bits per heavy atom. The van der Waals surface area contributed by atoms with Gasteiger partial charge in [-0.05, 0) is 13.8 Å². The van der Waals surface area contributed by atoms with Crippen molar-refractivity contribution in [3.8, 4) is 0 Å². The molecule has 0 spiro atoms. The zero-order valence-electron chi connectivity index (χ0n) is 10.7. The van der Waals surface area contributed by atoms with E-state index < -0.39 is 5.97 Å². The summed E-state index contributed by atoms with van der Waals surface area (Å²) in [4.78, 5) is 23.4. The summed E-state index contributed by atoms with van der Waals surface area (Å²) in [6, 6.07) is 0.545. The molecule has 1 aliphatic rings. The van der Waals surface area contributed by atoms with E-state index in [2.05, 4.69) is 33.6 Å². The smallest absolute Gasteiger partial charge is 0.356 e. The zero-order chi connectivity index (χ0) is 13.1. The van der Waals surface area contributed by atoms with Gasteiger partial charge in [-0.1, -0.05) is 0 Å². The molecular formula is C12H18N4O2. The molecule has 1 aromatic heterocycles. The number of aromatic nitrogens is 2. The second-order valence-corrected chi connectivity index (χ2v) is 4.68. The first kappa shape index (κ1) is 12.8. The van der Waals surface area contributed by atoms with Crippen molar-refractivity contribution < 1.29 is 9.90 Å². The molecule has 0 radical (unpaired) electrons. The van der Waals surface area contributed by atoms with Crippen LogP contribution in [0.4, 0.5) is 5.82 Å². The van der Waals surface area contributed by atoms with Gasteiger partial charge in [-0.15, -0.1) is 0 Å². The van der Waals surface area contributed by atoms with Gasteiger partial charge in [0.1, 0.15) is 5.82 Å². The maximum absolute atomic E-state index is 10.8. The fourth-order valence-corrected chi connectivity index (χ4v) is 2.08. The molecule has 1 aromatic rings. The number of hydrogen-bond acceptors (Lipinski definition) is 5. The van der Waals surface area contributed by atoms with E-state index in [4.69, 9.17) is 5.11 Å². The van der Waals surface area contributed by atoms with Gasteiger partial charge >= 0.3 is 5.97 Å². The Morgan fingerprint density at radius 3 is 2.50 bits per heavy atom. The van der Waals surface area contributed by atoms with E-state index in [0.29, 0.717) is 11.9 Å². The van der Waals surface area contributed by atoms with Crippen LogP contribution in [-0.2, 0) is 0 Å². The molecule has 0 saturated carbocycles. The van der Waals surface area contributed by atoms with Gasteiger partial charge in [0.2, 0.25) is 0 Å². The van der Waals surface area contributed by atoms with Crippen molar-refractivity contribution in [2.24, 2.45) is 0 Å². The van der Waals surface area contributed by atoms with Crippen LogP contribution < -0.4 is 4.90 Å². The molecule has 1 saturated heterocycles. The molecule has 1 fully saturated rings. The van der Waals surface area contributed by atoms with Crippen molar-refractivity contribution >= 4 is 11.8 Å². The summed E-state index contributed by atoms with van der Waals surface area (Å²) in [5, 5.41) is 8.89. The molecule has 1 aliphatic heterocycles. The normalized spacial score (nSPS) is 17.2. The molecule has 0 atom stereocenters. The third-order valence-corrected chi connectivity index (χ3v) is 3.21. The maximum atomic E-state index is 10.8. The molecule has 0 unspecified atom stereocenters. The Morgan fingerprint density at radius 1 is 1.28 bits per heavy atom. The summed E-state index contributed by atoms with van der Waals surface area (Å²) < 4.78 is 0. The molecule has 0 aliphatic carbocycles. The molecule has 18 heavy (non-hydrogen) atoms. The van der Waals surface area contributed by atoms with Crippen LogP contribution >= 0.6 is 0 Å². The first-order chi connectivity index (χ1) is 8.58.